The molecular weight excluding hydrogens is 160 g/mol. The van der Waals surface area contributed by atoms with E-state index in [1.165, 1.54) is 38.8 Å². The van der Waals surface area contributed by atoms with Crippen LogP contribution in [0.5, 0.6) is 0 Å². The highest BCUT2D eigenvalue weighted by atomic mass is 15.2. The van der Waals surface area contributed by atoms with E-state index in [1.807, 2.05) is 0 Å². The summed E-state index contributed by atoms with van der Waals surface area (Å²) in [6, 6.07) is 1.27. The van der Waals surface area contributed by atoms with Gasteiger partial charge in [-0.1, -0.05) is 13.8 Å². The summed E-state index contributed by atoms with van der Waals surface area (Å²) in [6.07, 6.45) is 6.39. The number of nitrogens with zero attached hydrogens (tertiary/aromatic N) is 1. The molecule has 0 aromatic rings. The van der Waals surface area contributed by atoms with E-state index in [-0.39, 0.29) is 0 Å². The number of hydrogen-bond acceptors (Lipinski definition) is 2. The first kappa shape index (κ1) is 11.0. The molecule has 78 valence electrons. The maximum Gasteiger partial charge on any atom is 0.00931 e. The van der Waals surface area contributed by atoms with Gasteiger partial charge in [0, 0.05) is 12.1 Å². The van der Waals surface area contributed by atoms with Gasteiger partial charge in [-0.05, 0) is 45.2 Å². The monoisotopic (exact) mass is 184 g/mol. The average molecular weight is 184 g/mol. The molecule has 1 heterocycles. The molecule has 2 N–H and O–H groups in total. The van der Waals surface area contributed by atoms with Crippen molar-refractivity contribution in [3.63, 3.8) is 0 Å². The van der Waals surface area contributed by atoms with Gasteiger partial charge >= 0.3 is 0 Å². The van der Waals surface area contributed by atoms with E-state index in [1.54, 1.807) is 0 Å². The molecule has 2 unspecified atom stereocenters. The Hall–Kier alpha value is -0.0800. The Morgan fingerprint density at radius 3 is 2.85 bits per heavy atom. The summed E-state index contributed by atoms with van der Waals surface area (Å²) < 4.78 is 0. The van der Waals surface area contributed by atoms with Crippen molar-refractivity contribution in [1.29, 1.82) is 0 Å². The number of rotatable bonds is 5. The van der Waals surface area contributed by atoms with Gasteiger partial charge in [-0.25, -0.2) is 0 Å². The zero-order chi connectivity index (χ0) is 9.68. The van der Waals surface area contributed by atoms with Gasteiger partial charge < -0.3 is 10.6 Å². The number of nitrogens with two attached hydrogens (primary N) is 1. The minimum Gasteiger partial charge on any atom is -0.328 e. The Labute approximate surface area is 82.5 Å². The minimum atomic E-state index is 0.415. The molecule has 13 heavy (non-hydrogen) atoms. The van der Waals surface area contributed by atoms with Crippen LogP contribution in [0.15, 0.2) is 0 Å². The van der Waals surface area contributed by atoms with Crippen LogP contribution in [-0.4, -0.2) is 30.1 Å². The fourth-order valence-corrected chi connectivity index (χ4v) is 2.19. The van der Waals surface area contributed by atoms with Gasteiger partial charge in [0.15, 0.2) is 0 Å². The third kappa shape index (κ3) is 3.28. The molecule has 0 bridgehead atoms. The molecule has 0 aromatic heterocycles. The van der Waals surface area contributed by atoms with Crippen molar-refractivity contribution in [2.75, 3.05) is 13.1 Å². The molecule has 1 fully saturated rings. The van der Waals surface area contributed by atoms with Crippen LogP contribution >= 0.6 is 0 Å². The summed E-state index contributed by atoms with van der Waals surface area (Å²) in [5.74, 6) is 0. The van der Waals surface area contributed by atoms with Crippen molar-refractivity contribution in [2.24, 2.45) is 5.73 Å². The first-order chi connectivity index (χ1) is 6.27. The molecular formula is C11H24N2. The Kier molecular flexibility index (Phi) is 4.74. The fraction of sp³-hybridized carbons (Fsp3) is 1.00. The third-order valence-electron chi connectivity index (χ3n) is 3.28. The second-order valence-corrected chi connectivity index (χ2v) is 4.20. The molecule has 0 spiro atoms. The Balaban J connectivity index is 2.19. The highest BCUT2D eigenvalue weighted by Gasteiger charge is 2.22. The molecule has 1 aliphatic rings. The summed E-state index contributed by atoms with van der Waals surface area (Å²) in [5.41, 5.74) is 5.91. The van der Waals surface area contributed by atoms with Gasteiger partial charge in [0.05, 0.1) is 0 Å². The lowest BCUT2D eigenvalue weighted by molar-refractivity contribution is 0.238. The van der Waals surface area contributed by atoms with E-state index in [9.17, 15) is 0 Å². The second-order valence-electron chi connectivity index (χ2n) is 4.20. The van der Waals surface area contributed by atoms with E-state index < -0.39 is 0 Å². The Morgan fingerprint density at radius 1 is 1.46 bits per heavy atom. The van der Waals surface area contributed by atoms with Crippen LogP contribution in [0, 0.1) is 0 Å². The normalized spacial score (nSPS) is 26.5. The summed E-state index contributed by atoms with van der Waals surface area (Å²) in [5, 5.41) is 0. The van der Waals surface area contributed by atoms with Crippen molar-refractivity contribution < 1.29 is 0 Å². The second kappa shape index (κ2) is 5.61. The maximum atomic E-state index is 5.91. The smallest absolute Gasteiger partial charge is 0.00931 e. The van der Waals surface area contributed by atoms with E-state index in [2.05, 4.69) is 18.7 Å². The molecule has 0 saturated carbocycles. The molecule has 2 heteroatoms. The van der Waals surface area contributed by atoms with Crippen LogP contribution in [0.4, 0.5) is 0 Å². The van der Waals surface area contributed by atoms with Crippen LogP contribution in [0.1, 0.15) is 46.0 Å². The first-order valence-corrected chi connectivity index (χ1v) is 5.77. The molecule has 2 atom stereocenters. The molecule has 1 aliphatic heterocycles. The average Bonchev–Trinajstić information content (AvgIpc) is 2.61. The molecule has 0 aliphatic carbocycles. The molecule has 1 rings (SSSR count). The predicted molar refractivity (Wildman–Crippen MR) is 57.8 cm³/mol. The zero-order valence-corrected chi connectivity index (χ0v) is 9.13. The zero-order valence-electron chi connectivity index (χ0n) is 9.13. The van der Waals surface area contributed by atoms with Crippen molar-refractivity contribution in [3.8, 4) is 0 Å². The van der Waals surface area contributed by atoms with Crippen LogP contribution < -0.4 is 5.73 Å². The highest BCUT2D eigenvalue weighted by Crippen LogP contribution is 2.19. The van der Waals surface area contributed by atoms with E-state index in [0.717, 1.165) is 12.5 Å². The maximum absolute atomic E-state index is 5.91. The third-order valence-corrected chi connectivity index (χ3v) is 3.28. The molecule has 1 saturated heterocycles. The SMILES string of the molecule is CCC(N)CCN1CCCC1CC. The van der Waals surface area contributed by atoms with E-state index >= 15 is 0 Å². The quantitative estimate of drug-likeness (QED) is 0.708. The largest absolute Gasteiger partial charge is 0.328 e. The van der Waals surface area contributed by atoms with Crippen LogP contribution in [0.25, 0.3) is 0 Å². The van der Waals surface area contributed by atoms with E-state index in [0.29, 0.717) is 6.04 Å². The lowest BCUT2D eigenvalue weighted by atomic mass is 10.1. The van der Waals surface area contributed by atoms with Gasteiger partial charge in [-0.15, -0.1) is 0 Å². The highest BCUT2D eigenvalue weighted by molar-refractivity contribution is 4.78. The number of likely N-dealkylation sites (tertiary alicyclic amines) is 1. The summed E-state index contributed by atoms with van der Waals surface area (Å²) in [7, 11) is 0. The van der Waals surface area contributed by atoms with Gasteiger partial charge in [0.1, 0.15) is 0 Å². The van der Waals surface area contributed by atoms with Gasteiger partial charge in [-0.3, -0.25) is 0 Å². The van der Waals surface area contributed by atoms with E-state index in [4.69, 9.17) is 5.73 Å². The molecule has 0 aromatic carbocycles. The lowest BCUT2D eigenvalue weighted by Crippen LogP contribution is -2.33. The summed E-state index contributed by atoms with van der Waals surface area (Å²) in [4.78, 5) is 2.62. The van der Waals surface area contributed by atoms with Crippen LogP contribution in [0.3, 0.4) is 0 Å². The standard InChI is InChI=1S/C11H24N2/c1-3-10(12)7-9-13-8-5-6-11(13)4-2/h10-11H,3-9,12H2,1-2H3. The Morgan fingerprint density at radius 2 is 2.23 bits per heavy atom. The molecule has 2 nitrogen and oxygen atoms in total. The Bertz CT molecular complexity index is 136. The first-order valence-electron chi connectivity index (χ1n) is 5.77. The fourth-order valence-electron chi connectivity index (χ4n) is 2.19. The molecule has 0 amide bonds. The summed E-state index contributed by atoms with van der Waals surface area (Å²) >= 11 is 0. The van der Waals surface area contributed by atoms with Crippen molar-refractivity contribution in [2.45, 2.75) is 58.0 Å². The topological polar surface area (TPSA) is 29.3 Å². The van der Waals surface area contributed by atoms with Crippen molar-refractivity contribution in [1.82, 2.24) is 4.90 Å². The van der Waals surface area contributed by atoms with Gasteiger partial charge in [0.2, 0.25) is 0 Å². The van der Waals surface area contributed by atoms with Crippen molar-refractivity contribution in [3.05, 3.63) is 0 Å². The van der Waals surface area contributed by atoms with Crippen molar-refractivity contribution >= 4 is 0 Å². The van der Waals surface area contributed by atoms with Gasteiger partial charge in [-0.2, -0.15) is 0 Å². The van der Waals surface area contributed by atoms with Crippen LogP contribution in [-0.2, 0) is 0 Å². The number of hydrogen-bond donors (Lipinski definition) is 1. The van der Waals surface area contributed by atoms with Gasteiger partial charge in [0.25, 0.3) is 0 Å². The lowest BCUT2D eigenvalue weighted by Gasteiger charge is -2.24. The minimum absolute atomic E-state index is 0.415. The molecule has 0 radical (unpaired) electrons. The van der Waals surface area contributed by atoms with Crippen LogP contribution in [0.2, 0.25) is 0 Å². The predicted octanol–water partition coefficient (Wildman–Crippen LogP) is 1.99. The summed E-state index contributed by atoms with van der Waals surface area (Å²) in [6.45, 7) is 6.98.